The first-order valence-electron chi connectivity index (χ1n) is 9.84. The first-order chi connectivity index (χ1) is 11.7. The van der Waals surface area contributed by atoms with E-state index in [2.05, 4.69) is 72.1 Å². The molecule has 0 aromatic rings. The number of hydrogen-bond donors (Lipinski definition) is 0. The topological polar surface area (TPSA) is 0 Å². The molecule has 0 spiro atoms. The SMILES string of the molecule is CSC1CC(SC)C2CCC3C(SC)CC(SC)C4CCC1C2C43. The minimum absolute atomic E-state index is 0.950. The van der Waals surface area contributed by atoms with E-state index in [0.717, 1.165) is 56.5 Å². The second-order valence-electron chi connectivity index (χ2n) is 8.53. The third-order valence-corrected chi connectivity index (χ3v) is 12.7. The molecular formula is C20H34S4. The van der Waals surface area contributed by atoms with Crippen molar-refractivity contribution in [2.24, 2.45) is 35.5 Å². The van der Waals surface area contributed by atoms with Crippen LogP contribution in [0.15, 0.2) is 0 Å². The van der Waals surface area contributed by atoms with Crippen molar-refractivity contribution in [3.63, 3.8) is 0 Å². The van der Waals surface area contributed by atoms with Gasteiger partial charge in [0.05, 0.1) is 0 Å². The van der Waals surface area contributed by atoms with Crippen molar-refractivity contribution in [3.8, 4) is 0 Å². The van der Waals surface area contributed by atoms with Crippen LogP contribution in [0, 0.1) is 35.5 Å². The Morgan fingerprint density at radius 1 is 0.458 bits per heavy atom. The van der Waals surface area contributed by atoms with Crippen molar-refractivity contribution < 1.29 is 0 Å². The summed E-state index contributed by atoms with van der Waals surface area (Å²) < 4.78 is 0. The number of thioether (sulfide) groups is 4. The van der Waals surface area contributed by atoms with Crippen LogP contribution in [-0.4, -0.2) is 46.0 Å². The van der Waals surface area contributed by atoms with Crippen LogP contribution in [0.3, 0.4) is 0 Å². The van der Waals surface area contributed by atoms with Gasteiger partial charge in [-0.15, -0.1) is 0 Å². The van der Waals surface area contributed by atoms with Crippen LogP contribution in [0.4, 0.5) is 0 Å². The molecule has 0 aliphatic heterocycles. The van der Waals surface area contributed by atoms with E-state index < -0.39 is 0 Å². The predicted molar refractivity (Wildman–Crippen MR) is 118 cm³/mol. The van der Waals surface area contributed by atoms with Crippen LogP contribution in [-0.2, 0) is 0 Å². The molecule has 0 amide bonds. The monoisotopic (exact) mass is 402 g/mol. The molecule has 4 fully saturated rings. The Bertz CT molecular complexity index is 365. The Morgan fingerprint density at radius 2 is 0.708 bits per heavy atom. The smallest absolute Gasteiger partial charge is 0.00860 e. The standard InChI is InChI=1S/C20H34S4/c1-21-15-9-16(22-2)12-7-8-14-18(24-4)10-17(23-3)13-6-5-11(15)19(12)20(13)14/h11-20H,5-10H2,1-4H3. The zero-order valence-corrected chi connectivity index (χ0v) is 18.9. The van der Waals surface area contributed by atoms with Gasteiger partial charge in [0.2, 0.25) is 0 Å². The first kappa shape index (κ1) is 18.7. The van der Waals surface area contributed by atoms with Crippen LogP contribution in [0.2, 0.25) is 0 Å². The molecule has 0 bridgehead atoms. The second-order valence-corrected chi connectivity index (χ2v) is 12.8. The van der Waals surface area contributed by atoms with E-state index in [4.69, 9.17) is 0 Å². The lowest BCUT2D eigenvalue weighted by Crippen LogP contribution is -2.59. The highest BCUT2D eigenvalue weighted by Gasteiger charge is 2.59. The lowest BCUT2D eigenvalue weighted by atomic mass is 9.47. The summed E-state index contributed by atoms with van der Waals surface area (Å²) in [5, 5.41) is 3.80. The van der Waals surface area contributed by atoms with Gasteiger partial charge < -0.3 is 0 Å². The van der Waals surface area contributed by atoms with Gasteiger partial charge in [0, 0.05) is 21.0 Å². The molecule has 0 N–H and O–H groups in total. The summed E-state index contributed by atoms with van der Waals surface area (Å²) in [7, 11) is 0. The van der Waals surface area contributed by atoms with Crippen LogP contribution in [0.5, 0.6) is 0 Å². The zero-order valence-electron chi connectivity index (χ0n) is 15.6. The maximum Gasteiger partial charge on any atom is 0.00860 e. The molecule has 4 aliphatic rings. The Kier molecular flexibility index (Phi) is 6.09. The Hall–Kier alpha value is 1.40. The van der Waals surface area contributed by atoms with E-state index >= 15 is 0 Å². The fraction of sp³-hybridized carbons (Fsp3) is 1.00. The van der Waals surface area contributed by atoms with Crippen molar-refractivity contribution in [1.29, 1.82) is 0 Å². The number of rotatable bonds is 4. The van der Waals surface area contributed by atoms with E-state index in [1.807, 2.05) is 0 Å². The molecule has 4 aliphatic carbocycles. The molecule has 4 heteroatoms. The van der Waals surface area contributed by atoms with Crippen LogP contribution >= 0.6 is 47.0 Å². The van der Waals surface area contributed by atoms with E-state index in [1.165, 1.54) is 12.8 Å². The second kappa shape index (κ2) is 7.80. The molecule has 0 saturated heterocycles. The van der Waals surface area contributed by atoms with Gasteiger partial charge in [0.25, 0.3) is 0 Å². The van der Waals surface area contributed by atoms with E-state index in [1.54, 1.807) is 25.7 Å². The summed E-state index contributed by atoms with van der Waals surface area (Å²) in [5.41, 5.74) is 0. The summed E-state index contributed by atoms with van der Waals surface area (Å²) in [6.07, 6.45) is 18.7. The first-order valence-corrected chi connectivity index (χ1v) is 15.0. The highest BCUT2D eigenvalue weighted by atomic mass is 32.2. The van der Waals surface area contributed by atoms with Gasteiger partial charge >= 0.3 is 0 Å². The Morgan fingerprint density at radius 3 is 0.917 bits per heavy atom. The van der Waals surface area contributed by atoms with Gasteiger partial charge in [0.1, 0.15) is 0 Å². The Balaban J connectivity index is 1.70. The maximum atomic E-state index is 2.39. The average molecular weight is 403 g/mol. The molecule has 8 atom stereocenters. The van der Waals surface area contributed by atoms with Crippen molar-refractivity contribution >= 4 is 47.0 Å². The molecule has 0 radical (unpaired) electrons. The molecule has 24 heavy (non-hydrogen) atoms. The minimum Gasteiger partial charge on any atom is -0.162 e. The summed E-state index contributed by atoms with van der Waals surface area (Å²) in [4.78, 5) is 0. The predicted octanol–water partition coefficient (Wildman–Crippen LogP) is 6.01. The molecule has 0 aromatic carbocycles. The summed E-state index contributed by atoms with van der Waals surface area (Å²) in [6.45, 7) is 0. The van der Waals surface area contributed by atoms with Gasteiger partial charge in [-0.25, -0.2) is 0 Å². The molecule has 0 aromatic heterocycles. The molecule has 8 unspecified atom stereocenters. The molecule has 4 saturated carbocycles. The quantitative estimate of drug-likeness (QED) is 0.565. The lowest BCUT2D eigenvalue weighted by molar-refractivity contribution is -0.0660. The van der Waals surface area contributed by atoms with Crippen molar-refractivity contribution in [3.05, 3.63) is 0 Å². The zero-order chi connectivity index (χ0) is 16.8. The molecule has 138 valence electrons. The molecular weight excluding hydrogens is 368 g/mol. The van der Waals surface area contributed by atoms with Crippen molar-refractivity contribution in [2.75, 3.05) is 25.0 Å². The fourth-order valence-electron chi connectivity index (χ4n) is 7.29. The molecule has 4 rings (SSSR count). The van der Waals surface area contributed by atoms with Crippen LogP contribution in [0.25, 0.3) is 0 Å². The largest absolute Gasteiger partial charge is 0.162 e. The molecule has 0 heterocycles. The van der Waals surface area contributed by atoms with Gasteiger partial charge in [0.15, 0.2) is 0 Å². The van der Waals surface area contributed by atoms with Crippen LogP contribution in [0.1, 0.15) is 38.5 Å². The minimum atomic E-state index is 0.950. The average Bonchev–Trinajstić information content (AvgIpc) is 2.64. The third kappa shape index (κ3) is 2.92. The van der Waals surface area contributed by atoms with Crippen molar-refractivity contribution in [2.45, 2.75) is 59.5 Å². The van der Waals surface area contributed by atoms with Gasteiger partial charge in [-0.3, -0.25) is 0 Å². The van der Waals surface area contributed by atoms with E-state index in [9.17, 15) is 0 Å². The lowest BCUT2D eigenvalue weighted by Gasteiger charge is -2.63. The molecule has 0 nitrogen and oxygen atoms in total. The van der Waals surface area contributed by atoms with Crippen LogP contribution < -0.4 is 0 Å². The summed E-state index contributed by atoms with van der Waals surface area (Å²) in [5.74, 6) is 6.30. The highest BCUT2D eigenvalue weighted by molar-refractivity contribution is 8.00. The van der Waals surface area contributed by atoms with Gasteiger partial charge in [-0.1, -0.05) is 0 Å². The van der Waals surface area contributed by atoms with E-state index in [0.29, 0.717) is 0 Å². The van der Waals surface area contributed by atoms with Crippen molar-refractivity contribution in [1.82, 2.24) is 0 Å². The summed E-state index contributed by atoms with van der Waals surface area (Å²) >= 11 is 8.83. The summed E-state index contributed by atoms with van der Waals surface area (Å²) in [6, 6.07) is 0. The van der Waals surface area contributed by atoms with Gasteiger partial charge in [-0.2, -0.15) is 47.0 Å². The number of hydrogen-bond acceptors (Lipinski definition) is 4. The van der Waals surface area contributed by atoms with E-state index in [-0.39, 0.29) is 0 Å². The normalized spacial score (nSPS) is 53.5. The third-order valence-electron chi connectivity index (χ3n) is 8.14. The van der Waals surface area contributed by atoms with Gasteiger partial charge in [-0.05, 0) is 99.1 Å². The Labute approximate surface area is 166 Å². The fourth-order valence-corrected chi connectivity index (χ4v) is 11.8. The maximum absolute atomic E-state index is 2.39. The highest BCUT2D eigenvalue weighted by Crippen LogP contribution is 2.64.